The zero-order chi connectivity index (χ0) is 16.3. The summed E-state index contributed by atoms with van der Waals surface area (Å²) in [6, 6.07) is 7.93. The molecule has 0 heterocycles. The second kappa shape index (κ2) is 6.39. The van der Waals surface area contributed by atoms with Crippen LogP contribution in [0.1, 0.15) is 15.9 Å². The third-order valence-corrected chi connectivity index (χ3v) is 3.64. The minimum atomic E-state index is -4.45. The monoisotopic (exact) mass is 329 g/mol. The number of anilines is 1. The van der Waals surface area contributed by atoms with Gasteiger partial charge in [0.2, 0.25) is 0 Å². The number of nitrogens with one attached hydrogen (secondary N) is 1. The van der Waals surface area contributed by atoms with E-state index >= 15 is 0 Å². The largest absolute Gasteiger partial charge is 0.416 e. The summed E-state index contributed by atoms with van der Waals surface area (Å²) in [7, 11) is 0. The van der Waals surface area contributed by atoms with Gasteiger partial charge in [0.15, 0.2) is 0 Å². The molecule has 0 aromatic heterocycles. The van der Waals surface area contributed by atoms with Gasteiger partial charge in [0.25, 0.3) is 5.91 Å². The molecule has 0 fully saturated rings. The highest BCUT2D eigenvalue weighted by molar-refractivity contribution is 7.98. The van der Waals surface area contributed by atoms with Gasteiger partial charge in [0.05, 0.1) is 5.56 Å². The van der Waals surface area contributed by atoms with Gasteiger partial charge in [-0.2, -0.15) is 13.2 Å². The van der Waals surface area contributed by atoms with Crippen molar-refractivity contribution in [3.05, 3.63) is 59.4 Å². The average Bonchev–Trinajstić information content (AvgIpc) is 2.48. The fraction of sp³-hybridized carbons (Fsp3) is 0.133. The zero-order valence-electron chi connectivity index (χ0n) is 11.4. The number of hydrogen-bond acceptors (Lipinski definition) is 2. The number of benzene rings is 2. The van der Waals surface area contributed by atoms with Crippen LogP contribution < -0.4 is 5.32 Å². The van der Waals surface area contributed by atoms with E-state index in [1.165, 1.54) is 30.0 Å². The van der Waals surface area contributed by atoms with Gasteiger partial charge >= 0.3 is 6.18 Å². The topological polar surface area (TPSA) is 29.1 Å². The fourth-order valence-corrected chi connectivity index (χ4v) is 2.26. The number of thioether (sulfide) groups is 1. The maximum atomic E-state index is 13.3. The Hall–Kier alpha value is -2.02. The summed E-state index contributed by atoms with van der Waals surface area (Å²) in [5.41, 5.74) is -0.367. The summed E-state index contributed by atoms with van der Waals surface area (Å²) in [5.74, 6) is -0.965. The number of alkyl halides is 3. The Bertz CT molecular complexity index is 683. The van der Waals surface area contributed by atoms with E-state index in [1.807, 2.05) is 0 Å². The van der Waals surface area contributed by atoms with Crippen LogP contribution in [-0.4, -0.2) is 12.2 Å². The fourth-order valence-electron chi connectivity index (χ4n) is 1.75. The Morgan fingerprint density at radius 1 is 1.09 bits per heavy atom. The van der Waals surface area contributed by atoms with Crippen molar-refractivity contribution in [1.82, 2.24) is 0 Å². The summed E-state index contributed by atoms with van der Waals surface area (Å²) in [6.45, 7) is 0. The van der Waals surface area contributed by atoms with Crippen molar-refractivity contribution in [2.24, 2.45) is 0 Å². The van der Waals surface area contributed by atoms with Gasteiger partial charge in [-0.05, 0) is 48.7 Å². The highest BCUT2D eigenvalue weighted by atomic mass is 32.2. The Labute approximate surface area is 128 Å². The molecule has 116 valence electrons. The number of rotatable bonds is 3. The van der Waals surface area contributed by atoms with E-state index in [2.05, 4.69) is 5.32 Å². The standard InChI is InChI=1S/C15H11F4NOS/c1-22-13-8-11(6-7-12(13)16)20-14(21)9-2-4-10(5-3-9)15(17,18)19/h2-8H,1H3,(H,20,21). The Morgan fingerprint density at radius 3 is 2.27 bits per heavy atom. The molecule has 7 heteroatoms. The smallest absolute Gasteiger partial charge is 0.322 e. The van der Waals surface area contributed by atoms with Crippen LogP contribution in [0.3, 0.4) is 0 Å². The van der Waals surface area contributed by atoms with E-state index < -0.39 is 23.5 Å². The molecule has 2 rings (SSSR count). The molecular weight excluding hydrogens is 318 g/mol. The normalized spacial score (nSPS) is 11.3. The van der Waals surface area contributed by atoms with Gasteiger partial charge in [-0.25, -0.2) is 4.39 Å². The lowest BCUT2D eigenvalue weighted by molar-refractivity contribution is -0.137. The summed E-state index contributed by atoms with van der Waals surface area (Å²) < 4.78 is 50.7. The summed E-state index contributed by atoms with van der Waals surface area (Å²) in [6.07, 6.45) is -2.75. The number of hydrogen-bond donors (Lipinski definition) is 1. The first-order valence-electron chi connectivity index (χ1n) is 6.13. The molecule has 0 bridgehead atoms. The molecule has 0 aliphatic heterocycles. The molecule has 0 saturated carbocycles. The van der Waals surface area contributed by atoms with E-state index in [0.717, 1.165) is 24.3 Å². The van der Waals surface area contributed by atoms with Crippen molar-refractivity contribution in [2.45, 2.75) is 11.1 Å². The van der Waals surface area contributed by atoms with E-state index in [4.69, 9.17) is 0 Å². The van der Waals surface area contributed by atoms with Crippen LogP contribution in [0.25, 0.3) is 0 Å². The summed E-state index contributed by atoms with van der Waals surface area (Å²) in [4.78, 5) is 12.3. The van der Waals surface area contributed by atoms with Gasteiger partial charge in [-0.15, -0.1) is 11.8 Å². The molecule has 0 aliphatic rings. The second-order valence-electron chi connectivity index (χ2n) is 4.38. The minimum Gasteiger partial charge on any atom is -0.322 e. The predicted molar refractivity (Wildman–Crippen MR) is 77.6 cm³/mol. The van der Waals surface area contributed by atoms with Gasteiger partial charge in [0.1, 0.15) is 5.82 Å². The Balaban J connectivity index is 2.15. The molecule has 2 nitrogen and oxygen atoms in total. The molecule has 0 saturated heterocycles. The molecular formula is C15H11F4NOS. The van der Waals surface area contributed by atoms with Gasteiger partial charge in [-0.3, -0.25) is 4.79 Å². The van der Waals surface area contributed by atoms with Crippen LogP contribution in [0.15, 0.2) is 47.4 Å². The highest BCUT2D eigenvalue weighted by Gasteiger charge is 2.30. The number of amides is 1. The van der Waals surface area contributed by atoms with Gasteiger partial charge < -0.3 is 5.32 Å². The number of carbonyl (C=O) groups is 1. The molecule has 1 amide bonds. The summed E-state index contributed by atoms with van der Waals surface area (Å²) >= 11 is 1.19. The third-order valence-electron chi connectivity index (χ3n) is 2.88. The Morgan fingerprint density at radius 2 is 1.73 bits per heavy atom. The predicted octanol–water partition coefficient (Wildman–Crippen LogP) is 4.82. The van der Waals surface area contributed by atoms with Crippen molar-refractivity contribution >= 4 is 23.4 Å². The molecule has 0 aliphatic carbocycles. The lowest BCUT2D eigenvalue weighted by atomic mass is 10.1. The van der Waals surface area contributed by atoms with Gasteiger partial charge in [0, 0.05) is 16.1 Å². The van der Waals surface area contributed by atoms with Crippen molar-refractivity contribution in [1.29, 1.82) is 0 Å². The first-order valence-corrected chi connectivity index (χ1v) is 7.36. The Kier molecular flexibility index (Phi) is 4.75. The lowest BCUT2D eigenvalue weighted by Gasteiger charge is -2.09. The maximum absolute atomic E-state index is 13.3. The van der Waals surface area contributed by atoms with Crippen molar-refractivity contribution in [3.8, 4) is 0 Å². The molecule has 0 radical (unpaired) electrons. The van der Waals surface area contributed by atoms with E-state index in [9.17, 15) is 22.4 Å². The van der Waals surface area contributed by atoms with E-state index in [0.29, 0.717) is 10.6 Å². The van der Waals surface area contributed by atoms with Crippen molar-refractivity contribution < 1.29 is 22.4 Å². The first kappa shape index (κ1) is 16.4. The van der Waals surface area contributed by atoms with Crippen molar-refractivity contribution in [2.75, 3.05) is 11.6 Å². The molecule has 2 aromatic rings. The number of halogens is 4. The van der Waals surface area contributed by atoms with Crippen molar-refractivity contribution in [3.63, 3.8) is 0 Å². The van der Waals surface area contributed by atoms with Crippen LogP contribution >= 0.6 is 11.8 Å². The average molecular weight is 329 g/mol. The molecule has 0 unspecified atom stereocenters. The van der Waals surface area contributed by atoms with Crippen LogP contribution in [0.2, 0.25) is 0 Å². The third kappa shape index (κ3) is 3.79. The maximum Gasteiger partial charge on any atom is 0.416 e. The zero-order valence-corrected chi connectivity index (χ0v) is 12.2. The van der Waals surface area contributed by atoms with Crippen LogP contribution in [0.4, 0.5) is 23.2 Å². The number of carbonyl (C=O) groups excluding carboxylic acids is 1. The molecule has 2 aromatic carbocycles. The van der Waals surface area contributed by atoms with Crippen LogP contribution in [0, 0.1) is 5.82 Å². The lowest BCUT2D eigenvalue weighted by Crippen LogP contribution is -2.13. The van der Waals surface area contributed by atoms with Gasteiger partial charge in [-0.1, -0.05) is 0 Å². The molecule has 0 spiro atoms. The van der Waals surface area contributed by atoms with Crippen LogP contribution in [0.5, 0.6) is 0 Å². The molecule has 22 heavy (non-hydrogen) atoms. The van der Waals surface area contributed by atoms with Crippen LogP contribution in [-0.2, 0) is 6.18 Å². The molecule has 1 N–H and O–H groups in total. The minimum absolute atomic E-state index is 0.0861. The SMILES string of the molecule is CSc1cc(NC(=O)c2ccc(C(F)(F)F)cc2)ccc1F. The molecule has 0 atom stereocenters. The second-order valence-corrected chi connectivity index (χ2v) is 5.23. The quantitative estimate of drug-likeness (QED) is 0.646. The highest BCUT2D eigenvalue weighted by Crippen LogP contribution is 2.29. The summed E-state index contributed by atoms with van der Waals surface area (Å²) in [5, 5.41) is 2.52. The first-order chi connectivity index (χ1) is 10.3. The van der Waals surface area contributed by atoms with E-state index in [1.54, 1.807) is 6.26 Å². The van der Waals surface area contributed by atoms with E-state index in [-0.39, 0.29) is 5.56 Å².